The van der Waals surface area contributed by atoms with Crippen molar-refractivity contribution in [3.8, 4) is 5.75 Å². The maximum absolute atomic E-state index is 12.6. The van der Waals surface area contributed by atoms with Crippen molar-refractivity contribution in [1.82, 2.24) is 0 Å². The number of carboxylic acids is 1. The molecule has 7 heteroatoms. The molecule has 0 aliphatic rings. The topological polar surface area (TPSA) is 72.5 Å². The van der Waals surface area contributed by atoms with Crippen LogP contribution in [0.25, 0.3) is 0 Å². The third-order valence-electron chi connectivity index (χ3n) is 2.31. The summed E-state index contributed by atoms with van der Waals surface area (Å²) in [6.07, 6.45) is -4.99. The van der Waals surface area contributed by atoms with E-state index in [0.29, 0.717) is 0 Å². The van der Waals surface area contributed by atoms with Gasteiger partial charge < -0.3 is 15.6 Å². The Balaban J connectivity index is 3.15. The second kappa shape index (κ2) is 5.26. The zero-order chi connectivity index (χ0) is 13.9. The number of aliphatic carboxylic acids is 1. The lowest BCUT2D eigenvalue weighted by atomic mass is 10.0. The Morgan fingerprint density at radius 3 is 2.50 bits per heavy atom. The third kappa shape index (κ3) is 3.63. The van der Waals surface area contributed by atoms with E-state index in [4.69, 9.17) is 15.6 Å². The fourth-order valence-corrected chi connectivity index (χ4v) is 1.42. The minimum atomic E-state index is -4.54. The van der Waals surface area contributed by atoms with Gasteiger partial charge in [-0.25, -0.2) is 0 Å². The molecule has 0 heterocycles. The summed E-state index contributed by atoms with van der Waals surface area (Å²) in [5.41, 5.74) is 4.68. The van der Waals surface area contributed by atoms with Crippen molar-refractivity contribution < 1.29 is 27.8 Å². The van der Waals surface area contributed by atoms with E-state index in [1.165, 1.54) is 13.2 Å². The molecule has 0 amide bonds. The van der Waals surface area contributed by atoms with Crippen LogP contribution in [-0.2, 0) is 11.0 Å². The lowest BCUT2D eigenvalue weighted by Gasteiger charge is -2.15. The van der Waals surface area contributed by atoms with Crippen molar-refractivity contribution in [3.63, 3.8) is 0 Å². The molecule has 0 aliphatic carbocycles. The van der Waals surface area contributed by atoms with Crippen molar-refractivity contribution in [2.24, 2.45) is 5.73 Å². The van der Waals surface area contributed by atoms with E-state index in [0.717, 1.165) is 12.1 Å². The molecule has 1 aromatic rings. The number of methoxy groups -OCH3 is 1. The zero-order valence-electron chi connectivity index (χ0n) is 9.49. The van der Waals surface area contributed by atoms with Crippen LogP contribution >= 0.6 is 0 Å². The first-order valence-electron chi connectivity index (χ1n) is 4.97. The highest BCUT2D eigenvalue weighted by Gasteiger charge is 2.32. The summed E-state index contributed by atoms with van der Waals surface area (Å²) in [6, 6.07) is 1.94. The van der Waals surface area contributed by atoms with Gasteiger partial charge in [-0.2, -0.15) is 13.2 Å². The molecule has 1 aromatic carbocycles. The summed E-state index contributed by atoms with van der Waals surface area (Å²) in [4.78, 5) is 10.5. The van der Waals surface area contributed by atoms with Crippen LogP contribution in [0.5, 0.6) is 5.75 Å². The second-order valence-electron chi connectivity index (χ2n) is 3.70. The van der Waals surface area contributed by atoms with Crippen molar-refractivity contribution in [2.45, 2.75) is 18.6 Å². The molecule has 4 nitrogen and oxygen atoms in total. The van der Waals surface area contributed by atoms with Crippen LogP contribution in [-0.4, -0.2) is 18.2 Å². The molecule has 0 spiro atoms. The number of rotatable bonds is 4. The first kappa shape index (κ1) is 14.3. The number of carboxylic acid groups (broad SMARTS) is 1. The molecule has 0 aliphatic heterocycles. The van der Waals surface area contributed by atoms with Gasteiger partial charge in [-0.05, 0) is 23.8 Å². The number of ether oxygens (including phenoxy) is 1. The standard InChI is InChI=1S/C11H12F3NO3/c1-18-8-3-6(9(15)5-10(16)17)2-7(4-8)11(12,13)14/h2-4,9H,5,15H2,1H3,(H,16,17). The summed E-state index contributed by atoms with van der Waals surface area (Å²) in [5.74, 6) is -1.19. The van der Waals surface area contributed by atoms with Gasteiger partial charge in [-0.1, -0.05) is 0 Å². The Morgan fingerprint density at radius 1 is 1.44 bits per heavy atom. The average Bonchev–Trinajstić information content (AvgIpc) is 2.26. The maximum Gasteiger partial charge on any atom is 0.416 e. The third-order valence-corrected chi connectivity index (χ3v) is 2.31. The Labute approximate surface area is 101 Å². The monoisotopic (exact) mass is 263 g/mol. The van der Waals surface area contributed by atoms with E-state index < -0.39 is 30.2 Å². The Hall–Kier alpha value is -1.76. The zero-order valence-corrected chi connectivity index (χ0v) is 9.49. The fraction of sp³-hybridized carbons (Fsp3) is 0.364. The van der Waals surface area contributed by atoms with E-state index in [-0.39, 0.29) is 11.3 Å². The molecule has 0 radical (unpaired) electrons. The maximum atomic E-state index is 12.6. The number of nitrogens with two attached hydrogens (primary N) is 1. The summed E-state index contributed by atoms with van der Waals surface area (Å²) < 4.78 is 42.5. The quantitative estimate of drug-likeness (QED) is 0.873. The molecule has 1 rings (SSSR count). The normalized spacial score (nSPS) is 13.2. The fourth-order valence-electron chi connectivity index (χ4n) is 1.42. The minimum Gasteiger partial charge on any atom is -0.497 e. The molecule has 0 saturated carbocycles. The highest BCUT2D eigenvalue weighted by molar-refractivity contribution is 5.68. The van der Waals surface area contributed by atoms with Crippen molar-refractivity contribution in [3.05, 3.63) is 29.3 Å². The Bertz CT molecular complexity index is 446. The highest BCUT2D eigenvalue weighted by Crippen LogP contribution is 2.34. The molecule has 1 atom stereocenters. The van der Waals surface area contributed by atoms with Gasteiger partial charge in [0.05, 0.1) is 19.1 Å². The van der Waals surface area contributed by atoms with Crippen LogP contribution in [0.15, 0.2) is 18.2 Å². The molecule has 0 bridgehead atoms. The smallest absolute Gasteiger partial charge is 0.416 e. The molecular weight excluding hydrogens is 251 g/mol. The van der Waals surface area contributed by atoms with Crippen LogP contribution in [0, 0.1) is 0 Å². The number of hydrogen-bond acceptors (Lipinski definition) is 3. The van der Waals surface area contributed by atoms with E-state index in [1.807, 2.05) is 0 Å². The lowest BCUT2D eigenvalue weighted by Crippen LogP contribution is -2.16. The average molecular weight is 263 g/mol. The molecular formula is C11H12F3NO3. The van der Waals surface area contributed by atoms with E-state index in [2.05, 4.69) is 0 Å². The first-order chi connectivity index (χ1) is 8.24. The van der Waals surface area contributed by atoms with Crippen LogP contribution in [0.2, 0.25) is 0 Å². The molecule has 0 aromatic heterocycles. The Kier molecular flexibility index (Phi) is 4.18. The molecule has 1 unspecified atom stereocenters. The van der Waals surface area contributed by atoms with Gasteiger partial charge >= 0.3 is 12.1 Å². The molecule has 3 N–H and O–H groups in total. The minimum absolute atomic E-state index is 0.0133. The van der Waals surface area contributed by atoms with Gasteiger partial charge in [0.1, 0.15) is 5.75 Å². The number of carbonyl (C=O) groups is 1. The second-order valence-corrected chi connectivity index (χ2v) is 3.70. The summed E-state index contributed by atoms with van der Waals surface area (Å²) in [7, 11) is 1.22. The predicted octanol–water partition coefficient (Wildman–Crippen LogP) is 2.19. The van der Waals surface area contributed by atoms with Crippen LogP contribution in [0.4, 0.5) is 13.2 Å². The van der Waals surface area contributed by atoms with Gasteiger partial charge in [0, 0.05) is 6.04 Å². The van der Waals surface area contributed by atoms with E-state index in [9.17, 15) is 18.0 Å². The number of benzene rings is 1. The highest BCUT2D eigenvalue weighted by atomic mass is 19.4. The molecule has 0 saturated heterocycles. The lowest BCUT2D eigenvalue weighted by molar-refractivity contribution is -0.138. The summed E-state index contributed by atoms with van der Waals surface area (Å²) in [6.45, 7) is 0. The SMILES string of the molecule is COc1cc(C(N)CC(=O)O)cc(C(F)(F)F)c1. The summed E-state index contributed by atoms with van der Waals surface area (Å²) >= 11 is 0. The van der Waals surface area contributed by atoms with Crippen LogP contribution in [0.1, 0.15) is 23.6 Å². The van der Waals surface area contributed by atoms with Gasteiger partial charge in [-0.3, -0.25) is 4.79 Å². The molecule has 18 heavy (non-hydrogen) atoms. The van der Waals surface area contributed by atoms with Crippen molar-refractivity contribution in [1.29, 1.82) is 0 Å². The number of alkyl halides is 3. The van der Waals surface area contributed by atoms with Crippen LogP contribution < -0.4 is 10.5 Å². The summed E-state index contributed by atoms with van der Waals surface area (Å²) in [5, 5.41) is 8.57. The van der Waals surface area contributed by atoms with Crippen molar-refractivity contribution in [2.75, 3.05) is 7.11 Å². The Morgan fingerprint density at radius 2 is 2.06 bits per heavy atom. The predicted molar refractivity (Wildman–Crippen MR) is 57.2 cm³/mol. The number of halogens is 3. The van der Waals surface area contributed by atoms with E-state index in [1.54, 1.807) is 0 Å². The van der Waals surface area contributed by atoms with Gasteiger partial charge in [0.25, 0.3) is 0 Å². The largest absolute Gasteiger partial charge is 0.497 e. The van der Waals surface area contributed by atoms with E-state index >= 15 is 0 Å². The van der Waals surface area contributed by atoms with Gasteiger partial charge in [0.2, 0.25) is 0 Å². The molecule has 100 valence electrons. The number of hydrogen-bond donors (Lipinski definition) is 2. The first-order valence-corrected chi connectivity index (χ1v) is 4.97. The van der Waals surface area contributed by atoms with Crippen LogP contribution in [0.3, 0.4) is 0 Å². The van der Waals surface area contributed by atoms with Gasteiger partial charge in [-0.15, -0.1) is 0 Å². The van der Waals surface area contributed by atoms with Gasteiger partial charge in [0.15, 0.2) is 0 Å². The molecule has 0 fully saturated rings. The van der Waals surface area contributed by atoms with Crippen molar-refractivity contribution >= 4 is 5.97 Å².